The maximum atomic E-state index is 10.6. The van der Waals surface area contributed by atoms with Crippen LogP contribution in [0, 0.1) is 6.92 Å². The number of furan rings is 1. The van der Waals surface area contributed by atoms with E-state index in [1.54, 1.807) is 11.3 Å². The number of aryl methyl sites for hydroxylation is 1. The van der Waals surface area contributed by atoms with Crippen LogP contribution in [0.4, 0.5) is 0 Å². The summed E-state index contributed by atoms with van der Waals surface area (Å²) in [6, 6.07) is 18.1. The van der Waals surface area contributed by atoms with Gasteiger partial charge in [-0.2, -0.15) is 0 Å². The number of hydrogen-bond acceptors (Lipinski definition) is 3. The van der Waals surface area contributed by atoms with Crippen molar-refractivity contribution in [3.8, 4) is 0 Å². The molecule has 21 heavy (non-hydrogen) atoms. The fraction of sp³-hybridized carbons (Fsp3) is 0.111. The molecule has 1 unspecified atom stereocenters. The fourth-order valence-corrected chi connectivity index (χ4v) is 3.65. The monoisotopic (exact) mass is 294 g/mol. The minimum absolute atomic E-state index is 0.599. The fourth-order valence-electron chi connectivity index (χ4n) is 2.60. The van der Waals surface area contributed by atoms with E-state index in [2.05, 4.69) is 25.1 Å². The van der Waals surface area contributed by atoms with Crippen LogP contribution in [0.3, 0.4) is 0 Å². The van der Waals surface area contributed by atoms with Gasteiger partial charge in [0.25, 0.3) is 0 Å². The molecule has 104 valence electrons. The van der Waals surface area contributed by atoms with E-state index in [1.807, 2.05) is 36.4 Å². The van der Waals surface area contributed by atoms with Crippen molar-refractivity contribution in [2.75, 3.05) is 0 Å². The average Bonchev–Trinajstić information content (AvgIpc) is 3.09. The molecule has 2 heterocycles. The summed E-state index contributed by atoms with van der Waals surface area (Å²) >= 11 is 1.60. The van der Waals surface area contributed by atoms with Gasteiger partial charge in [-0.05, 0) is 42.6 Å². The SMILES string of the molecule is Cc1ccc2oc(C(O)c3cc4ccccc4s3)cc2c1. The van der Waals surface area contributed by atoms with Crippen LogP contribution in [0.5, 0.6) is 0 Å². The zero-order valence-corrected chi connectivity index (χ0v) is 12.4. The zero-order valence-electron chi connectivity index (χ0n) is 11.5. The standard InChI is InChI=1S/C18H14O2S/c1-11-6-7-14-13(8-11)9-15(20-14)18(19)17-10-12-4-2-3-5-16(12)21-17/h2-10,18-19H,1H3. The van der Waals surface area contributed by atoms with Crippen LogP contribution < -0.4 is 0 Å². The Balaban J connectivity index is 1.79. The third-order valence-electron chi connectivity index (χ3n) is 3.67. The number of aliphatic hydroxyl groups excluding tert-OH is 1. The van der Waals surface area contributed by atoms with Gasteiger partial charge in [0.2, 0.25) is 0 Å². The Bertz CT molecular complexity index is 900. The van der Waals surface area contributed by atoms with Crippen molar-refractivity contribution in [1.29, 1.82) is 0 Å². The molecule has 1 N–H and O–H groups in total. The molecular weight excluding hydrogens is 280 g/mol. The molecular formula is C18H14O2S. The lowest BCUT2D eigenvalue weighted by Gasteiger charge is -2.03. The quantitative estimate of drug-likeness (QED) is 0.562. The van der Waals surface area contributed by atoms with E-state index in [1.165, 1.54) is 10.3 Å². The molecule has 0 bridgehead atoms. The van der Waals surface area contributed by atoms with Gasteiger partial charge in [-0.15, -0.1) is 11.3 Å². The third-order valence-corrected chi connectivity index (χ3v) is 4.84. The second-order valence-electron chi connectivity index (χ2n) is 5.28. The normalized spacial score (nSPS) is 13.0. The van der Waals surface area contributed by atoms with E-state index in [0.29, 0.717) is 5.76 Å². The Morgan fingerprint density at radius 3 is 2.71 bits per heavy atom. The average molecular weight is 294 g/mol. The molecule has 2 aromatic carbocycles. The van der Waals surface area contributed by atoms with Gasteiger partial charge in [0, 0.05) is 15.0 Å². The number of fused-ring (bicyclic) bond motifs is 2. The second-order valence-corrected chi connectivity index (χ2v) is 6.39. The first-order chi connectivity index (χ1) is 10.2. The second kappa shape index (κ2) is 4.72. The Kier molecular flexibility index (Phi) is 2.84. The third kappa shape index (κ3) is 2.15. The van der Waals surface area contributed by atoms with Crippen molar-refractivity contribution in [2.24, 2.45) is 0 Å². The van der Waals surface area contributed by atoms with E-state index in [-0.39, 0.29) is 0 Å². The van der Waals surface area contributed by atoms with Gasteiger partial charge >= 0.3 is 0 Å². The molecule has 2 aromatic heterocycles. The van der Waals surface area contributed by atoms with Gasteiger partial charge < -0.3 is 9.52 Å². The number of hydrogen-bond donors (Lipinski definition) is 1. The number of aliphatic hydroxyl groups is 1. The summed E-state index contributed by atoms with van der Waals surface area (Å²) < 4.78 is 6.97. The predicted octanol–water partition coefficient (Wildman–Crippen LogP) is 5.04. The summed E-state index contributed by atoms with van der Waals surface area (Å²) in [5, 5.41) is 12.8. The van der Waals surface area contributed by atoms with Gasteiger partial charge in [0.1, 0.15) is 17.4 Å². The molecule has 1 atom stereocenters. The molecule has 0 fully saturated rings. The maximum absolute atomic E-state index is 10.6. The molecule has 2 nitrogen and oxygen atoms in total. The summed E-state index contributed by atoms with van der Waals surface area (Å²) in [6.45, 7) is 2.05. The van der Waals surface area contributed by atoms with Crippen molar-refractivity contribution in [3.63, 3.8) is 0 Å². The summed E-state index contributed by atoms with van der Waals surface area (Å²) in [5.41, 5.74) is 2.00. The van der Waals surface area contributed by atoms with Crippen LogP contribution in [0.1, 0.15) is 22.3 Å². The van der Waals surface area contributed by atoms with Crippen LogP contribution in [-0.2, 0) is 0 Å². The molecule has 0 aliphatic heterocycles. The van der Waals surface area contributed by atoms with E-state index in [4.69, 9.17) is 4.42 Å². The topological polar surface area (TPSA) is 33.4 Å². The van der Waals surface area contributed by atoms with Gasteiger partial charge in [-0.3, -0.25) is 0 Å². The number of benzene rings is 2. The van der Waals surface area contributed by atoms with Gasteiger partial charge in [0.15, 0.2) is 0 Å². The summed E-state index contributed by atoms with van der Waals surface area (Å²) in [4.78, 5) is 0.909. The van der Waals surface area contributed by atoms with Crippen molar-refractivity contribution in [2.45, 2.75) is 13.0 Å². The predicted molar refractivity (Wildman–Crippen MR) is 86.8 cm³/mol. The highest BCUT2D eigenvalue weighted by atomic mass is 32.1. The van der Waals surface area contributed by atoms with Crippen LogP contribution in [0.2, 0.25) is 0 Å². The van der Waals surface area contributed by atoms with Gasteiger partial charge in [0.05, 0.1) is 0 Å². The first kappa shape index (κ1) is 12.6. The molecule has 0 radical (unpaired) electrons. The Labute approximate surface area is 126 Å². The highest BCUT2D eigenvalue weighted by molar-refractivity contribution is 7.19. The lowest BCUT2D eigenvalue weighted by molar-refractivity contribution is 0.196. The minimum atomic E-state index is -0.713. The van der Waals surface area contributed by atoms with Crippen molar-refractivity contribution in [3.05, 3.63) is 70.8 Å². The Morgan fingerprint density at radius 1 is 1.00 bits per heavy atom. The van der Waals surface area contributed by atoms with Gasteiger partial charge in [-0.1, -0.05) is 29.8 Å². The lowest BCUT2D eigenvalue weighted by Crippen LogP contribution is -1.93. The van der Waals surface area contributed by atoms with Crippen molar-refractivity contribution < 1.29 is 9.52 Å². The van der Waals surface area contributed by atoms with Crippen LogP contribution in [-0.4, -0.2) is 5.11 Å². The molecule has 0 amide bonds. The summed E-state index contributed by atoms with van der Waals surface area (Å²) in [6.07, 6.45) is -0.713. The Hall–Kier alpha value is -2.10. The van der Waals surface area contributed by atoms with Crippen LogP contribution in [0.15, 0.2) is 59.0 Å². The molecule has 0 saturated heterocycles. The molecule has 3 heteroatoms. The maximum Gasteiger partial charge on any atom is 0.146 e. The van der Waals surface area contributed by atoms with E-state index in [0.717, 1.165) is 21.2 Å². The van der Waals surface area contributed by atoms with E-state index >= 15 is 0 Å². The summed E-state index contributed by atoms with van der Waals surface area (Å²) in [5.74, 6) is 0.599. The first-order valence-corrected chi connectivity index (χ1v) is 7.69. The zero-order chi connectivity index (χ0) is 14.4. The summed E-state index contributed by atoms with van der Waals surface area (Å²) in [7, 11) is 0. The lowest BCUT2D eigenvalue weighted by atomic mass is 10.1. The Morgan fingerprint density at radius 2 is 1.86 bits per heavy atom. The van der Waals surface area contributed by atoms with Crippen molar-refractivity contribution in [1.82, 2.24) is 0 Å². The van der Waals surface area contributed by atoms with Gasteiger partial charge in [-0.25, -0.2) is 0 Å². The largest absolute Gasteiger partial charge is 0.458 e. The van der Waals surface area contributed by atoms with E-state index < -0.39 is 6.10 Å². The number of thiophene rings is 1. The first-order valence-electron chi connectivity index (χ1n) is 6.87. The highest BCUT2D eigenvalue weighted by Crippen LogP contribution is 2.35. The molecule has 0 saturated carbocycles. The molecule has 0 aliphatic carbocycles. The molecule has 0 aliphatic rings. The molecule has 4 rings (SSSR count). The molecule has 4 aromatic rings. The minimum Gasteiger partial charge on any atom is -0.458 e. The van der Waals surface area contributed by atoms with E-state index in [9.17, 15) is 5.11 Å². The smallest absolute Gasteiger partial charge is 0.146 e. The molecule has 0 spiro atoms. The highest BCUT2D eigenvalue weighted by Gasteiger charge is 2.18. The van der Waals surface area contributed by atoms with Crippen molar-refractivity contribution >= 4 is 32.4 Å². The van der Waals surface area contributed by atoms with Crippen LogP contribution >= 0.6 is 11.3 Å². The number of rotatable bonds is 2. The van der Waals surface area contributed by atoms with Crippen LogP contribution in [0.25, 0.3) is 21.1 Å².